The smallest absolute Gasteiger partial charge is 0.141 e. The van der Waals surface area contributed by atoms with Crippen molar-refractivity contribution < 1.29 is 9.13 Å². The van der Waals surface area contributed by atoms with Gasteiger partial charge in [0.2, 0.25) is 0 Å². The maximum Gasteiger partial charge on any atom is 0.141 e. The van der Waals surface area contributed by atoms with E-state index in [0.717, 1.165) is 28.9 Å². The summed E-state index contributed by atoms with van der Waals surface area (Å²) in [6.45, 7) is 0.716. The largest absolute Gasteiger partial charge is 0.493 e. The third kappa shape index (κ3) is 2.43. The van der Waals surface area contributed by atoms with Crippen molar-refractivity contribution in [3.8, 4) is 5.75 Å². The Morgan fingerprint density at radius 3 is 2.63 bits per heavy atom. The van der Waals surface area contributed by atoms with Crippen LogP contribution in [0.1, 0.15) is 22.1 Å². The minimum atomic E-state index is -0.434. The molecular formula is C15H11Cl2FO. The SMILES string of the molecule is Fc1ccc(C(Cl)c2ccc3c(c2)CCO3)cc1Cl. The predicted octanol–water partition coefficient (Wildman–Crippen LogP) is 4.74. The molecule has 0 N–H and O–H groups in total. The maximum atomic E-state index is 13.2. The molecule has 1 aliphatic heterocycles. The van der Waals surface area contributed by atoms with Crippen LogP contribution >= 0.6 is 23.2 Å². The van der Waals surface area contributed by atoms with E-state index in [1.807, 2.05) is 18.2 Å². The molecule has 0 bridgehead atoms. The van der Waals surface area contributed by atoms with Gasteiger partial charge in [0.05, 0.1) is 17.0 Å². The topological polar surface area (TPSA) is 9.23 Å². The second-order valence-electron chi connectivity index (χ2n) is 4.50. The number of alkyl halides is 1. The van der Waals surface area contributed by atoms with Gasteiger partial charge in [-0.2, -0.15) is 0 Å². The Balaban J connectivity index is 1.94. The average Bonchev–Trinajstić information content (AvgIpc) is 2.88. The van der Waals surface area contributed by atoms with Crippen molar-refractivity contribution in [1.82, 2.24) is 0 Å². The Kier molecular flexibility index (Phi) is 3.38. The molecule has 3 rings (SSSR count). The normalized spacial score (nSPS) is 14.9. The Labute approximate surface area is 120 Å². The molecule has 0 saturated heterocycles. The summed E-state index contributed by atoms with van der Waals surface area (Å²) >= 11 is 12.2. The molecule has 1 atom stereocenters. The van der Waals surface area contributed by atoms with Gasteiger partial charge in [-0.15, -0.1) is 11.6 Å². The molecule has 2 aromatic carbocycles. The molecule has 1 unspecified atom stereocenters. The second-order valence-corrected chi connectivity index (χ2v) is 5.35. The van der Waals surface area contributed by atoms with Crippen molar-refractivity contribution in [2.45, 2.75) is 11.8 Å². The zero-order valence-electron chi connectivity index (χ0n) is 10.00. The number of halogens is 3. The molecule has 0 spiro atoms. The lowest BCUT2D eigenvalue weighted by atomic mass is 10.0. The van der Waals surface area contributed by atoms with Gasteiger partial charge in [-0.25, -0.2) is 4.39 Å². The Morgan fingerprint density at radius 2 is 1.84 bits per heavy atom. The molecule has 98 valence electrons. The van der Waals surface area contributed by atoms with Gasteiger partial charge in [-0.1, -0.05) is 29.8 Å². The number of fused-ring (bicyclic) bond motifs is 1. The summed E-state index contributed by atoms with van der Waals surface area (Å²) in [5.74, 6) is 0.487. The highest BCUT2D eigenvalue weighted by Crippen LogP contribution is 2.35. The van der Waals surface area contributed by atoms with E-state index in [0.29, 0.717) is 6.61 Å². The van der Waals surface area contributed by atoms with Crippen LogP contribution in [0.25, 0.3) is 0 Å². The molecule has 0 amide bonds. The van der Waals surface area contributed by atoms with Crippen LogP contribution in [0.15, 0.2) is 36.4 Å². The minimum absolute atomic E-state index is 0.0904. The van der Waals surface area contributed by atoms with Gasteiger partial charge in [0, 0.05) is 6.42 Å². The molecule has 2 aromatic rings. The summed E-state index contributed by atoms with van der Waals surface area (Å²) in [4.78, 5) is 0. The van der Waals surface area contributed by atoms with Crippen LogP contribution in [0, 0.1) is 5.82 Å². The van der Waals surface area contributed by atoms with Gasteiger partial charge in [0.25, 0.3) is 0 Å². The number of rotatable bonds is 2. The number of hydrogen-bond donors (Lipinski definition) is 0. The summed E-state index contributed by atoms with van der Waals surface area (Å²) in [6, 6.07) is 10.5. The quantitative estimate of drug-likeness (QED) is 0.727. The summed E-state index contributed by atoms with van der Waals surface area (Å²) in [5, 5.41) is -0.253. The van der Waals surface area contributed by atoms with Crippen LogP contribution in [-0.2, 0) is 6.42 Å². The van der Waals surface area contributed by atoms with Gasteiger partial charge < -0.3 is 4.74 Å². The minimum Gasteiger partial charge on any atom is -0.493 e. The van der Waals surface area contributed by atoms with E-state index < -0.39 is 5.82 Å². The average molecular weight is 297 g/mol. The molecular weight excluding hydrogens is 286 g/mol. The van der Waals surface area contributed by atoms with E-state index in [9.17, 15) is 4.39 Å². The van der Waals surface area contributed by atoms with E-state index in [1.54, 1.807) is 12.1 Å². The first kappa shape index (κ1) is 12.8. The zero-order chi connectivity index (χ0) is 13.4. The molecule has 1 aliphatic rings. The van der Waals surface area contributed by atoms with Crippen molar-refractivity contribution >= 4 is 23.2 Å². The first-order valence-corrected chi connectivity index (χ1v) is 6.81. The fraction of sp³-hybridized carbons (Fsp3) is 0.200. The molecule has 0 fully saturated rings. The van der Waals surface area contributed by atoms with Crippen molar-refractivity contribution in [3.05, 3.63) is 63.9 Å². The van der Waals surface area contributed by atoms with Crippen LogP contribution < -0.4 is 4.74 Å². The molecule has 4 heteroatoms. The molecule has 0 aliphatic carbocycles. The van der Waals surface area contributed by atoms with E-state index in [-0.39, 0.29) is 10.4 Å². The number of hydrogen-bond acceptors (Lipinski definition) is 1. The Hall–Kier alpha value is -1.25. The van der Waals surface area contributed by atoms with Crippen molar-refractivity contribution in [1.29, 1.82) is 0 Å². The molecule has 1 nitrogen and oxygen atoms in total. The highest BCUT2D eigenvalue weighted by atomic mass is 35.5. The van der Waals surface area contributed by atoms with Crippen LogP contribution in [0.2, 0.25) is 5.02 Å². The summed E-state index contributed by atoms with van der Waals surface area (Å²) in [7, 11) is 0. The van der Waals surface area contributed by atoms with Crippen LogP contribution in [0.5, 0.6) is 5.75 Å². The van der Waals surface area contributed by atoms with E-state index in [1.165, 1.54) is 6.07 Å². The maximum absolute atomic E-state index is 13.2. The molecule has 19 heavy (non-hydrogen) atoms. The van der Waals surface area contributed by atoms with Gasteiger partial charge in [0.15, 0.2) is 0 Å². The second kappa shape index (κ2) is 5.03. The fourth-order valence-corrected chi connectivity index (χ4v) is 2.69. The Morgan fingerprint density at radius 1 is 1.11 bits per heavy atom. The van der Waals surface area contributed by atoms with Crippen molar-refractivity contribution in [2.24, 2.45) is 0 Å². The number of benzene rings is 2. The Bertz CT molecular complexity index is 628. The summed E-state index contributed by atoms with van der Waals surface area (Å²) < 4.78 is 18.6. The third-order valence-electron chi connectivity index (χ3n) is 3.24. The van der Waals surface area contributed by atoms with Crippen LogP contribution in [-0.4, -0.2) is 6.61 Å². The van der Waals surface area contributed by atoms with Gasteiger partial charge >= 0.3 is 0 Å². The predicted molar refractivity (Wildman–Crippen MR) is 74.7 cm³/mol. The first-order chi connectivity index (χ1) is 9.15. The van der Waals surface area contributed by atoms with Crippen molar-refractivity contribution in [2.75, 3.05) is 6.61 Å². The lowest BCUT2D eigenvalue weighted by Gasteiger charge is -2.12. The number of ether oxygens (including phenoxy) is 1. The summed E-state index contributed by atoms with van der Waals surface area (Å²) in [6.07, 6.45) is 0.900. The van der Waals surface area contributed by atoms with E-state index in [4.69, 9.17) is 27.9 Å². The lowest BCUT2D eigenvalue weighted by Crippen LogP contribution is -1.95. The van der Waals surface area contributed by atoms with Crippen LogP contribution in [0.4, 0.5) is 4.39 Å². The molecule has 0 radical (unpaired) electrons. The standard InChI is InChI=1S/C15H11Cl2FO/c16-12-8-11(1-3-13(12)18)15(17)10-2-4-14-9(7-10)5-6-19-14/h1-4,7-8,15H,5-6H2. The van der Waals surface area contributed by atoms with E-state index >= 15 is 0 Å². The highest BCUT2D eigenvalue weighted by molar-refractivity contribution is 6.31. The van der Waals surface area contributed by atoms with E-state index in [2.05, 4.69) is 0 Å². The molecule has 0 saturated carbocycles. The highest BCUT2D eigenvalue weighted by Gasteiger charge is 2.17. The first-order valence-electron chi connectivity index (χ1n) is 6.00. The monoisotopic (exact) mass is 296 g/mol. The van der Waals surface area contributed by atoms with Gasteiger partial charge in [-0.3, -0.25) is 0 Å². The zero-order valence-corrected chi connectivity index (χ0v) is 11.5. The lowest BCUT2D eigenvalue weighted by molar-refractivity contribution is 0.357. The molecule has 0 aromatic heterocycles. The van der Waals surface area contributed by atoms with Gasteiger partial charge in [0.1, 0.15) is 11.6 Å². The van der Waals surface area contributed by atoms with Crippen molar-refractivity contribution in [3.63, 3.8) is 0 Å². The van der Waals surface area contributed by atoms with Crippen LogP contribution in [0.3, 0.4) is 0 Å². The van der Waals surface area contributed by atoms with Gasteiger partial charge in [-0.05, 0) is 34.9 Å². The fourth-order valence-electron chi connectivity index (χ4n) is 2.23. The summed E-state index contributed by atoms with van der Waals surface area (Å²) in [5.41, 5.74) is 2.91. The third-order valence-corrected chi connectivity index (χ3v) is 4.04. The molecule has 1 heterocycles.